The van der Waals surface area contributed by atoms with Crippen LogP contribution in [0.15, 0.2) is 29.3 Å². The van der Waals surface area contributed by atoms with Crippen LogP contribution in [-0.2, 0) is 4.79 Å². The molecule has 2 aliphatic rings. The third-order valence-electron chi connectivity index (χ3n) is 3.92. The molecule has 0 spiro atoms. The van der Waals surface area contributed by atoms with Gasteiger partial charge in [0.15, 0.2) is 5.82 Å². The molecular weight excluding hydrogens is 306 g/mol. The van der Waals surface area contributed by atoms with Gasteiger partial charge in [-0.1, -0.05) is 39.8 Å². The minimum atomic E-state index is -0.598. The van der Waals surface area contributed by atoms with Crippen LogP contribution in [0.2, 0.25) is 0 Å². The van der Waals surface area contributed by atoms with Gasteiger partial charge >= 0.3 is 0 Å². The molecule has 1 aromatic heterocycles. The first kappa shape index (κ1) is 16.2. The molecule has 0 radical (unpaired) electrons. The summed E-state index contributed by atoms with van der Waals surface area (Å²) in [6.45, 7) is 7.83. The molecule has 0 aromatic carbocycles. The normalized spacial score (nSPS) is 20.7. The maximum Gasteiger partial charge on any atom is 0.265 e. The zero-order valence-electron chi connectivity index (χ0n) is 14.2. The van der Waals surface area contributed by atoms with Crippen LogP contribution in [0, 0.1) is 11.8 Å². The van der Waals surface area contributed by atoms with E-state index in [0.717, 1.165) is 0 Å². The third-order valence-corrected chi connectivity index (χ3v) is 3.92. The lowest BCUT2D eigenvalue weighted by molar-refractivity contribution is -0.125. The van der Waals surface area contributed by atoms with Gasteiger partial charge in [-0.25, -0.2) is 0 Å². The number of hydrogen-bond acceptors (Lipinski definition) is 4. The Kier molecular flexibility index (Phi) is 4.13. The summed E-state index contributed by atoms with van der Waals surface area (Å²) in [5.41, 5.74) is 0.638. The standard InChI is InChI=1S/C18H21N3O3/c1-10(2)9-13-15-20-17-12(7-5-6-8-24-17)18(23)21(15)14(11(3)4)16(22)19-13/h5-11,14H,1-4H3,(H,19,22)/t14-/m0/s1. The third kappa shape index (κ3) is 2.68. The van der Waals surface area contributed by atoms with Crippen LogP contribution in [0.5, 0.6) is 5.88 Å². The van der Waals surface area contributed by atoms with Crippen molar-refractivity contribution in [1.29, 1.82) is 0 Å². The molecular formula is C18H21N3O3. The van der Waals surface area contributed by atoms with Crippen LogP contribution < -0.4 is 15.6 Å². The van der Waals surface area contributed by atoms with Gasteiger partial charge in [-0.05, 0) is 24.0 Å². The largest absolute Gasteiger partial charge is 0.446 e. The van der Waals surface area contributed by atoms with Crippen molar-refractivity contribution in [3.05, 3.63) is 46.2 Å². The molecule has 3 heterocycles. The quantitative estimate of drug-likeness (QED) is 0.906. The van der Waals surface area contributed by atoms with Crippen molar-refractivity contribution >= 4 is 17.7 Å². The SMILES string of the molecule is CC(C)C=C1NC(=O)[C@H](C(C)C)n2c1nc1c(c2=O)C=CC=CO1. The first-order valence-corrected chi connectivity index (χ1v) is 8.09. The molecule has 1 atom stereocenters. The summed E-state index contributed by atoms with van der Waals surface area (Å²) in [6, 6.07) is -0.598. The summed E-state index contributed by atoms with van der Waals surface area (Å²) < 4.78 is 6.96. The predicted molar refractivity (Wildman–Crippen MR) is 92.1 cm³/mol. The molecule has 0 aliphatic carbocycles. The second-order valence-electron chi connectivity index (χ2n) is 6.64. The molecule has 6 nitrogen and oxygen atoms in total. The molecule has 0 saturated carbocycles. The fourth-order valence-electron chi connectivity index (χ4n) is 2.94. The number of amides is 1. The molecule has 24 heavy (non-hydrogen) atoms. The average molecular weight is 327 g/mol. The lowest BCUT2D eigenvalue weighted by Gasteiger charge is -2.31. The van der Waals surface area contributed by atoms with Gasteiger partial charge in [-0.3, -0.25) is 14.2 Å². The van der Waals surface area contributed by atoms with E-state index in [4.69, 9.17) is 4.74 Å². The molecule has 126 valence electrons. The number of allylic oxidation sites excluding steroid dienone is 3. The molecule has 0 saturated heterocycles. The molecule has 1 aromatic rings. The highest BCUT2D eigenvalue weighted by molar-refractivity contribution is 5.91. The van der Waals surface area contributed by atoms with Crippen molar-refractivity contribution in [2.24, 2.45) is 11.8 Å². The molecule has 1 N–H and O–H groups in total. The monoisotopic (exact) mass is 327 g/mol. The Balaban J connectivity index is 2.33. The Morgan fingerprint density at radius 3 is 2.67 bits per heavy atom. The van der Waals surface area contributed by atoms with E-state index in [-0.39, 0.29) is 29.2 Å². The average Bonchev–Trinajstić information content (AvgIpc) is 2.73. The van der Waals surface area contributed by atoms with Crippen molar-refractivity contribution in [3.63, 3.8) is 0 Å². The highest BCUT2D eigenvalue weighted by atomic mass is 16.5. The van der Waals surface area contributed by atoms with Gasteiger partial charge in [0.25, 0.3) is 5.56 Å². The summed E-state index contributed by atoms with van der Waals surface area (Å²) >= 11 is 0. The number of nitrogens with zero attached hydrogens (tertiary/aromatic N) is 2. The minimum Gasteiger partial charge on any atom is -0.446 e. The van der Waals surface area contributed by atoms with Crippen molar-refractivity contribution in [1.82, 2.24) is 14.9 Å². The van der Waals surface area contributed by atoms with E-state index >= 15 is 0 Å². The minimum absolute atomic E-state index is 0.0456. The van der Waals surface area contributed by atoms with Crippen molar-refractivity contribution in [2.45, 2.75) is 33.7 Å². The zero-order valence-corrected chi connectivity index (χ0v) is 14.2. The number of nitrogens with one attached hydrogen (secondary N) is 1. The number of fused-ring (bicyclic) bond motifs is 2. The van der Waals surface area contributed by atoms with Crippen LogP contribution in [0.1, 0.15) is 45.1 Å². The lowest BCUT2D eigenvalue weighted by Crippen LogP contribution is -2.47. The number of hydrogen-bond donors (Lipinski definition) is 1. The topological polar surface area (TPSA) is 73.2 Å². The lowest BCUT2D eigenvalue weighted by atomic mass is 9.99. The van der Waals surface area contributed by atoms with E-state index in [0.29, 0.717) is 17.1 Å². The number of carbonyl (C=O) groups excluding carboxylic acids is 1. The van der Waals surface area contributed by atoms with E-state index in [1.807, 2.05) is 33.8 Å². The van der Waals surface area contributed by atoms with E-state index < -0.39 is 6.04 Å². The highest BCUT2D eigenvalue weighted by Gasteiger charge is 2.35. The highest BCUT2D eigenvalue weighted by Crippen LogP contribution is 2.29. The summed E-state index contributed by atoms with van der Waals surface area (Å²) in [7, 11) is 0. The molecule has 0 unspecified atom stereocenters. The molecule has 2 aliphatic heterocycles. The van der Waals surface area contributed by atoms with Crippen LogP contribution in [-0.4, -0.2) is 15.5 Å². The van der Waals surface area contributed by atoms with Crippen molar-refractivity contribution in [2.75, 3.05) is 0 Å². The van der Waals surface area contributed by atoms with E-state index in [1.165, 1.54) is 10.8 Å². The van der Waals surface area contributed by atoms with Crippen LogP contribution in [0.3, 0.4) is 0 Å². The molecule has 0 bridgehead atoms. The smallest absolute Gasteiger partial charge is 0.265 e. The Morgan fingerprint density at radius 1 is 1.25 bits per heavy atom. The molecule has 0 fully saturated rings. The maximum absolute atomic E-state index is 13.1. The second-order valence-corrected chi connectivity index (χ2v) is 6.64. The zero-order chi connectivity index (χ0) is 17.4. The molecule has 3 rings (SSSR count). The summed E-state index contributed by atoms with van der Waals surface area (Å²) in [4.78, 5) is 30.2. The van der Waals surface area contributed by atoms with Gasteiger partial charge in [0, 0.05) is 0 Å². The van der Waals surface area contributed by atoms with Gasteiger partial charge in [0.05, 0.1) is 12.0 Å². The second kappa shape index (κ2) is 6.11. The number of rotatable bonds is 2. The van der Waals surface area contributed by atoms with Gasteiger partial charge in [-0.15, -0.1) is 0 Å². The summed E-state index contributed by atoms with van der Waals surface area (Å²) in [6.07, 6.45) is 8.46. The predicted octanol–water partition coefficient (Wildman–Crippen LogP) is 2.49. The first-order valence-electron chi connectivity index (χ1n) is 8.09. The Hall–Kier alpha value is -2.63. The van der Waals surface area contributed by atoms with Gasteiger partial charge in [0.2, 0.25) is 11.8 Å². The fraction of sp³-hybridized carbons (Fsp3) is 0.389. The Morgan fingerprint density at radius 2 is 2.00 bits per heavy atom. The van der Waals surface area contributed by atoms with Gasteiger partial charge in [0.1, 0.15) is 11.6 Å². The summed E-state index contributed by atoms with van der Waals surface area (Å²) in [5, 5.41) is 2.89. The van der Waals surface area contributed by atoms with Gasteiger partial charge < -0.3 is 10.1 Å². The van der Waals surface area contributed by atoms with E-state index in [2.05, 4.69) is 10.3 Å². The van der Waals surface area contributed by atoms with Crippen molar-refractivity contribution < 1.29 is 9.53 Å². The fourth-order valence-corrected chi connectivity index (χ4v) is 2.94. The van der Waals surface area contributed by atoms with E-state index in [1.54, 1.807) is 18.2 Å². The first-order chi connectivity index (χ1) is 11.4. The van der Waals surface area contributed by atoms with Crippen LogP contribution in [0.4, 0.5) is 0 Å². The Labute approximate surface area is 140 Å². The van der Waals surface area contributed by atoms with E-state index in [9.17, 15) is 9.59 Å². The summed E-state index contributed by atoms with van der Waals surface area (Å²) in [5.74, 6) is 0.653. The maximum atomic E-state index is 13.1. The number of ether oxygens (including phenoxy) is 1. The van der Waals surface area contributed by atoms with Crippen LogP contribution >= 0.6 is 0 Å². The Bertz CT molecular complexity index is 829. The number of aromatic nitrogens is 2. The van der Waals surface area contributed by atoms with Crippen molar-refractivity contribution in [3.8, 4) is 5.88 Å². The van der Waals surface area contributed by atoms with Crippen LogP contribution in [0.25, 0.3) is 11.8 Å². The number of carbonyl (C=O) groups is 1. The molecule has 6 heteroatoms. The molecule has 1 amide bonds. The van der Waals surface area contributed by atoms with Gasteiger partial charge in [-0.2, -0.15) is 4.98 Å².